The minimum absolute atomic E-state index is 0.155. The maximum Gasteiger partial charge on any atom is 0.411 e. The number of nitrogens with one attached hydrogen (secondary N) is 1. The standard InChI is InChI=1S/C16H14ClNO3/c1-11-7-8-14(17)13(9-19)15(11)18-16(20)21-10-12-5-3-2-4-6-12/h2-9H,10H2,1H3,(H,18,20). The van der Waals surface area contributed by atoms with Crippen LogP contribution in [0.25, 0.3) is 0 Å². The summed E-state index contributed by atoms with van der Waals surface area (Å²) in [6, 6.07) is 12.7. The third kappa shape index (κ3) is 3.83. The van der Waals surface area contributed by atoms with E-state index < -0.39 is 6.09 Å². The number of carbonyl (C=O) groups is 2. The van der Waals surface area contributed by atoms with E-state index in [0.717, 1.165) is 11.1 Å². The molecule has 0 unspecified atom stereocenters. The Labute approximate surface area is 127 Å². The van der Waals surface area contributed by atoms with Crippen molar-refractivity contribution in [2.75, 3.05) is 5.32 Å². The van der Waals surface area contributed by atoms with E-state index in [-0.39, 0.29) is 17.2 Å². The summed E-state index contributed by atoms with van der Waals surface area (Å²) in [7, 11) is 0. The fourth-order valence-electron chi connectivity index (χ4n) is 1.85. The van der Waals surface area contributed by atoms with Crippen LogP contribution >= 0.6 is 11.6 Å². The monoisotopic (exact) mass is 303 g/mol. The van der Waals surface area contributed by atoms with Crippen molar-refractivity contribution in [2.24, 2.45) is 0 Å². The molecular weight excluding hydrogens is 290 g/mol. The summed E-state index contributed by atoms with van der Waals surface area (Å²) >= 11 is 5.93. The highest BCUT2D eigenvalue weighted by atomic mass is 35.5. The predicted molar refractivity (Wildman–Crippen MR) is 81.8 cm³/mol. The number of amides is 1. The minimum Gasteiger partial charge on any atom is -0.444 e. The van der Waals surface area contributed by atoms with E-state index in [1.54, 1.807) is 19.1 Å². The molecule has 0 bridgehead atoms. The largest absolute Gasteiger partial charge is 0.444 e. The van der Waals surface area contributed by atoms with Gasteiger partial charge in [-0.25, -0.2) is 4.79 Å². The van der Waals surface area contributed by atoms with Gasteiger partial charge in [0.15, 0.2) is 6.29 Å². The molecule has 2 aromatic rings. The Morgan fingerprint density at radius 2 is 1.95 bits per heavy atom. The number of hydrogen-bond acceptors (Lipinski definition) is 3. The number of benzene rings is 2. The molecule has 0 saturated carbocycles. The predicted octanol–water partition coefficient (Wildman–Crippen LogP) is 4.21. The first-order valence-corrected chi connectivity index (χ1v) is 6.71. The van der Waals surface area contributed by atoms with E-state index in [1.807, 2.05) is 30.3 Å². The molecule has 0 fully saturated rings. The molecule has 0 spiro atoms. The lowest BCUT2D eigenvalue weighted by molar-refractivity contribution is 0.112. The zero-order valence-electron chi connectivity index (χ0n) is 11.4. The maximum absolute atomic E-state index is 11.8. The zero-order chi connectivity index (χ0) is 15.2. The van der Waals surface area contributed by atoms with E-state index >= 15 is 0 Å². The molecule has 5 heteroatoms. The lowest BCUT2D eigenvalue weighted by atomic mass is 10.1. The van der Waals surface area contributed by atoms with E-state index in [4.69, 9.17) is 16.3 Å². The van der Waals surface area contributed by atoms with Crippen LogP contribution in [-0.2, 0) is 11.3 Å². The number of anilines is 1. The van der Waals surface area contributed by atoms with Gasteiger partial charge in [-0.2, -0.15) is 0 Å². The Bertz CT molecular complexity index is 656. The van der Waals surface area contributed by atoms with Crippen LogP contribution in [0.2, 0.25) is 5.02 Å². The molecule has 0 aliphatic rings. The lowest BCUT2D eigenvalue weighted by Crippen LogP contribution is -2.15. The fourth-order valence-corrected chi connectivity index (χ4v) is 2.05. The highest BCUT2D eigenvalue weighted by Gasteiger charge is 2.13. The van der Waals surface area contributed by atoms with Crippen molar-refractivity contribution in [1.82, 2.24) is 0 Å². The van der Waals surface area contributed by atoms with E-state index in [9.17, 15) is 9.59 Å². The maximum atomic E-state index is 11.8. The first-order valence-electron chi connectivity index (χ1n) is 6.34. The van der Waals surface area contributed by atoms with Crippen molar-refractivity contribution in [2.45, 2.75) is 13.5 Å². The van der Waals surface area contributed by atoms with Crippen LogP contribution in [0.5, 0.6) is 0 Å². The summed E-state index contributed by atoms with van der Waals surface area (Å²) in [6.45, 7) is 1.93. The molecule has 0 aliphatic carbocycles. The molecule has 0 atom stereocenters. The van der Waals surface area contributed by atoms with Crippen molar-refractivity contribution < 1.29 is 14.3 Å². The minimum atomic E-state index is -0.632. The second-order valence-corrected chi connectivity index (χ2v) is 4.86. The van der Waals surface area contributed by atoms with Crippen molar-refractivity contribution in [3.63, 3.8) is 0 Å². The Kier molecular flexibility index (Phi) is 4.95. The highest BCUT2D eigenvalue weighted by molar-refractivity contribution is 6.33. The average Bonchev–Trinajstić information content (AvgIpc) is 2.50. The molecular formula is C16H14ClNO3. The number of aryl methyl sites for hydroxylation is 1. The fraction of sp³-hybridized carbons (Fsp3) is 0.125. The van der Waals surface area contributed by atoms with Crippen molar-refractivity contribution in [3.8, 4) is 0 Å². The van der Waals surface area contributed by atoms with Gasteiger partial charge in [0.1, 0.15) is 6.61 Å². The van der Waals surface area contributed by atoms with Gasteiger partial charge < -0.3 is 4.74 Å². The average molecular weight is 304 g/mol. The molecule has 0 radical (unpaired) electrons. The Balaban J connectivity index is 2.06. The second-order valence-electron chi connectivity index (χ2n) is 4.46. The van der Waals surface area contributed by atoms with Crippen molar-refractivity contribution >= 4 is 29.7 Å². The first kappa shape index (κ1) is 15.1. The van der Waals surface area contributed by atoms with E-state index in [2.05, 4.69) is 5.32 Å². The smallest absolute Gasteiger partial charge is 0.411 e. The SMILES string of the molecule is Cc1ccc(Cl)c(C=O)c1NC(=O)OCc1ccccc1. The van der Waals surface area contributed by atoms with Crippen LogP contribution in [-0.4, -0.2) is 12.4 Å². The number of hydrogen-bond donors (Lipinski definition) is 1. The van der Waals surface area contributed by atoms with Crippen LogP contribution in [0, 0.1) is 6.92 Å². The molecule has 1 amide bonds. The lowest BCUT2D eigenvalue weighted by Gasteiger charge is -2.12. The molecule has 0 aromatic heterocycles. The summed E-state index contributed by atoms with van der Waals surface area (Å²) in [5.74, 6) is 0. The van der Waals surface area contributed by atoms with E-state index in [1.165, 1.54) is 0 Å². The van der Waals surface area contributed by atoms with Gasteiger partial charge >= 0.3 is 6.09 Å². The topological polar surface area (TPSA) is 55.4 Å². The number of carbonyl (C=O) groups excluding carboxylic acids is 2. The molecule has 2 rings (SSSR count). The normalized spacial score (nSPS) is 10.0. The number of rotatable bonds is 4. The van der Waals surface area contributed by atoms with Gasteiger partial charge in [0.25, 0.3) is 0 Å². The van der Waals surface area contributed by atoms with Gasteiger partial charge in [-0.15, -0.1) is 0 Å². The summed E-state index contributed by atoms with van der Waals surface area (Å²) in [5.41, 5.74) is 2.23. The second kappa shape index (κ2) is 6.90. The van der Waals surface area contributed by atoms with E-state index in [0.29, 0.717) is 12.0 Å². The molecule has 1 N–H and O–H groups in total. The van der Waals surface area contributed by atoms with Crippen molar-refractivity contribution in [3.05, 3.63) is 64.2 Å². The Morgan fingerprint density at radius 1 is 1.24 bits per heavy atom. The highest BCUT2D eigenvalue weighted by Crippen LogP contribution is 2.26. The van der Waals surface area contributed by atoms with Crippen LogP contribution in [0.3, 0.4) is 0 Å². The summed E-state index contributed by atoms with van der Waals surface area (Å²) in [5, 5.41) is 2.85. The quantitative estimate of drug-likeness (QED) is 0.861. The molecule has 108 valence electrons. The van der Waals surface area contributed by atoms with Gasteiger partial charge in [0.05, 0.1) is 16.3 Å². The summed E-state index contributed by atoms with van der Waals surface area (Å²) in [6.07, 6.45) is -0.0189. The van der Waals surface area contributed by atoms with Crippen LogP contribution in [0.4, 0.5) is 10.5 Å². The van der Waals surface area contributed by atoms with Crippen molar-refractivity contribution in [1.29, 1.82) is 0 Å². The third-order valence-corrected chi connectivity index (χ3v) is 3.29. The summed E-state index contributed by atoms with van der Waals surface area (Å²) in [4.78, 5) is 22.9. The van der Waals surface area contributed by atoms with Crippen LogP contribution < -0.4 is 5.32 Å². The molecule has 2 aromatic carbocycles. The number of aldehydes is 1. The van der Waals surface area contributed by atoms with Gasteiger partial charge in [0, 0.05) is 0 Å². The van der Waals surface area contributed by atoms with Gasteiger partial charge in [0.2, 0.25) is 0 Å². The summed E-state index contributed by atoms with van der Waals surface area (Å²) < 4.78 is 5.12. The van der Waals surface area contributed by atoms with Crippen LogP contribution in [0.1, 0.15) is 21.5 Å². The van der Waals surface area contributed by atoms with Gasteiger partial charge in [-0.1, -0.05) is 48.0 Å². The zero-order valence-corrected chi connectivity index (χ0v) is 12.2. The molecule has 4 nitrogen and oxygen atoms in total. The molecule has 21 heavy (non-hydrogen) atoms. The van der Waals surface area contributed by atoms with Crippen LogP contribution in [0.15, 0.2) is 42.5 Å². The molecule has 0 saturated heterocycles. The molecule has 0 aliphatic heterocycles. The number of halogens is 1. The third-order valence-electron chi connectivity index (χ3n) is 2.96. The first-order chi connectivity index (χ1) is 10.1. The molecule has 0 heterocycles. The van der Waals surface area contributed by atoms with Gasteiger partial charge in [-0.05, 0) is 24.1 Å². The Hall–Kier alpha value is -2.33. The Morgan fingerprint density at radius 3 is 2.62 bits per heavy atom. The van der Waals surface area contributed by atoms with Gasteiger partial charge in [-0.3, -0.25) is 10.1 Å². The number of ether oxygens (including phenoxy) is 1.